The van der Waals surface area contributed by atoms with Crippen molar-refractivity contribution in [3.05, 3.63) is 89.9 Å². The summed E-state index contributed by atoms with van der Waals surface area (Å²) in [5.41, 5.74) is 2.76. The number of benzene rings is 2. The van der Waals surface area contributed by atoms with Crippen LogP contribution in [-0.2, 0) is 0 Å². The fourth-order valence-electron chi connectivity index (χ4n) is 2.53. The van der Waals surface area contributed by atoms with E-state index in [1.54, 1.807) is 30.4 Å². The van der Waals surface area contributed by atoms with Crippen LogP contribution in [0.5, 0.6) is 0 Å². The molecule has 4 aromatic rings. The van der Waals surface area contributed by atoms with Crippen molar-refractivity contribution in [3.63, 3.8) is 0 Å². The minimum Gasteiger partial charge on any atom is -0.266 e. The van der Waals surface area contributed by atoms with Crippen molar-refractivity contribution < 1.29 is 0 Å². The van der Waals surface area contributed by atoms with Crippen molar-refractivity contribution in [3.8, 4) is 0 Å². The lowest BCUT2D eigenvalue weighted by Gasteiger charge is -1.97. The maximum atomic E-state index is 12.6. The van der Waals surface area contributed by atoms with Gasteiger partial charge in [0.25, 0.3) is 5.56 Å². The van der Waals surface area contributed by atoms with Crippen LogP contribution in [0.1, 0.15) is 22.5 Å². The molecule has 0 fully saturated rings. The van der Waals surface area contributed by atoms with Crippen LogP contribution in [0.2, 0.25) is 10.0 Å². The summed E-state index contributed by atoms with van der Waals surface area (Å²) in [7, 11) is 0. The highest BCUT2D eigenvalue weighted by molar-refractivity contribution is 7.15. The van der Waals surface area contributed by atoms with Crippen LogP contribution in [0.3, 0.4) is 0 Å². The van der Waals surface area contributed by atoms with Gasteiger partial charge in [0.1, 0.15) is 0 Å². The molecule has 0 N–H and O–H groups in total. The number of aryl methyl sites for hydroxylation is 1. The second-order valence-corrected chi connectivity index (χ2v) is 7.84. The highest BCUT2D eigenvalue weighted by Crippen LogP contribution is 2.21. The lowest BCUT2D eigenvalue weighted by atomic mass is 10.1. The average Bonchev–Trinajstić information content (AvgIpc) is 3.16. The van der Waals surface area contributed by atoms with Crippen molar-refractivity contribution in [2.45, 2.75) is 6.92 Å². The number of fused-ring (bicyclic) bond motifs is 1. The predicted octanol–water partition coefficient (Wildman–Crippen LogP) is 4.48. The molecule has 2 aromatic carbocycles. The molecule has 134 valence electrons. The SMILES string of the molecule is Cc1ccc(/C=C/c2nc3s/c(=C\c4ccc(Cl)cc4Cl)c(=O)n3n2)cc1. The molecule has 0 saturated heterocycles. The topological polar surface area (TPSA) is 47.3 Å². The number of halogens is 2. The van der Waals surface area contributed by atoms with Gasteiger partial charge in [-0.25, -0.2) is 0 Å². The molecule has 0 unspecified atom stereocenters. The second-order valence-electron chi connectivity index (χ2n) is 5.99. The minimum absolute atomic E-state index is 0.219. The Morgan fingerprint density at radius 1 is 1.07 bits per heavy atom. The Bertz CT molecular complexity index is 1270. The van der Waals surface area contributed by atoms with Crippen molar-refractivity contribution in [1.29, 1.82) is 0 Å². The van der Waals surface area contributed by atoms with Gasteiger partial charge in [0.2, 0.25) is 4.96 Å². The molecule has 0 amide bonds. The van der Waals surface area contributed by atoms with E-state index in [4.69, 9.17) is 23.2 Å². The third kappa shape index (κ3) is 3.81. The first kappa shape index (κ1) is 17.9. The van der Waals surface area contributed by atoms with E-state index in [1.165, 1.54) is 21.4 Å². The van der Waals surface area contributed by atoms with Gasteiger partial charge >= 0.3 is 0 Å². The highest BCUT2D eigenvalue weighted by Gasteiger charge is 2.09. The number of thiazole rings is 1. The van der Waals surface area contributed by atoms with Crippen molar-refractivity contribution >= 4 is 57.7 Å². The molecule has 0 spiro atoms. The van der Waals surface area contributed by atoms with E-state index in [-0.39, 0.29) is 5.56 Å². The molecule has 7 heteroatoms. The Morgan fingerprint density at radius 2 is 1.85 bits per heavy atom. The first-order chi connectivity index (χ1) is 13.0. The van der Waals surface area contributed by atoms with Crippen molar-refractivity contribution in [2.75, 3.05) is 0 Å². The lowest BCUT2D eigenvalue weighted by molar-refractivity contribution is 0.925. The first-order valence-corrected chi connectivity index (χ1v) is 9.68. The number of rotatable bonds is 3. The van der Waals surface area contributed by atoms with Crippen LogP contribution >= 0.6 is 34.5 Å². The summed E-state index contributed by atoms with van der Waals surface area (Å²) in [6.07, 6.45) is 5.44. The summed E-state index contributed by atoms with van der Waals surface area (Å²) in [5, 5.41) is 5.32. The summed E-state index contributed by atoms with van der Waals surface area (Å²) in [6.45, 7) is 2.04. The van der Waals surface area contributed by atoms with Crippen LogP contribution in [-0.4, -0.2) is 14.6 Å². The summed E-state index contributed by atoms with van der Waals surface area (Å²) in [5.74, 6) is 0.495. The number of aromatic nitrogens is 3. The van der Waals surface area contributed by atoms with Gasteiger partial charge in [-0.2, -0.15) is 9.50 Å². The number of hydrogen-bond donors (Lipinski definition) is 0. The molecule has 2 heterocycles. The zero-order valence-corrected chi connectivity index (χ0v) is 16.5. The van der Waals surface area contributed by atoms with E-state index >= 15 is 0 Å². The van der Waals surface area contributed by atoms with Gasteiger partial charge in [0.15, 0.2) is 5.82 Å². The van der Waals surface area contributed by atoms with Crippen LogP contribution in [0.4, 0.5) is 0 Å². The Morgan fingerprint density at radius 3 is 2.56 bits per heavy atom. The van der Waals surface area contributed by atoms with Gasteiger partial charge in [-0.1, -0.05) is 76.5 Å². The summed E-state index contributed by atoms with van der Waals surface area (Å²) >= 11 is 13.4. The van der Waals surface area contributed by atoms with E-state index in [9.17, 15) is 4.79 Å². The highest BCUT2D eigenvalue weighted by atomic mass is 35.5. The van der Waals surface area contributed by atoms with Gasteiger partial charge in [0, 0.05) is 10.0 Å². The Hall–Kier alpha value is -2.47. The molecular formula is C20H13Cl2N3OS. The predicted molar refractivity (Wildman–Crippen MR) is 112 cm³/mol. The summed E-state index contributed by atoms with van der Waals surface area (Å²) < 4.78 is 1.83. The lowest BCUT2D eigenvalue weighted by Crippen LogP contribution is -2.23. The summed E-state index contributed by atoms with van der Waals surface area (Å²) in [6, 6.07) is 13.3. The van der Waals surface area contributed by atoms with E-state index in [2.05, 4.69) is 10.1 Å². The monoisotopic (exact) mass is 413 g/mol. The number of nitrogens with zero attached hydrogens (tertiary/aromatic N) is 3. The zero-order chi connectivity index (χ0) is 19.0. The molecule has 4 rings (SSSR count). The van der Waals surface area contributed by atoms with Crippen LogP contribution in [0, 0.1) is 6.92 Å². The number of hydrogen-bond acceptors (Lipinski definition) is 4. The van der Waals surface area contributed by atoms with Crippen molar-refractivity contribution in [1.82, 2.24) is 14.6 Å². The largest absolute Gasteiger partial charge is 0.291 e. The maximum absolute atomic E-state index is 12.6. The molecule has 0 aliphatic carbocycles. The van der Waals surface area contributed by atoms with Crippen LogP contribution in [0.15, 0.2) is 47.3 Å². The molecule has 0 aliphatic heterocycles. The summed E-state index contributed by atoms with van der Waals surface area (Å²) in [4.78, 5) is 17.5. The molecule has 0 aliphatic rings. The first-order valence-electron chi connectivity index (χ1n) is 8.11. The third-order valence-electron chi connectivity index (χ3n) is 3.95. The van der Waals surface area contributed by atoms with Crippen LogP contribution < -0.4 is 10.1 Å². The van der Waals surface area contributed by atoms with E-state index in [1.807, 2.05) is 37.3 Å². The fourth-order valence-corrected chi connectivity index (χ4v) is 3.90. The Balaban J connectivity index is 1.68. The van der Waals surface area contributed by atoms with E-state index < -0.39 is 0 Å². The fraction of sp³-hybridized carbons (Fsp3) is 0.0500. The molecule has 0 saturated carbocycles. The van der Waals surface area contributed by atoms with Gasteiger partial charge in [0.05, 0.1) is 4.53 Å². The third-order valence-corrected chi connectivity index (χ3v) is 5.47. The smallest absolute Gasteiger partial charge is 0.266 e. The minimum atomic E-state index is -0.219. The Kier molecular flexibility index (Phi) is 4.83. The molecule has 27 heavy (non-hydrogen) atoms. The molecule has 0 radical (unpaired) electrons. The molecule has 0 atom stereocenters. The molecule has 4 nitrogen and oxygen atoms in total. The standard InChI is InChI=1S/C20H13Cl2N3OS/c1-12-2-4-13(5-3-12)6-9-18-23-20-25(24-18)19(26)17(27-20)10-14-7-8-15(21)11-16(14)22/h2-11H,1H3/b9-6+,17-10-. The quantitative estimate of drug-likeness (QED) is 0.497. The average molecular weight is 414 g/mol. The molecular weight excluding hydrogens is 401 g/mol. The van der Waals surface area contributed by atoms with Crippen LogP contribution in [0.25, 0.3) is 23.2 Å². The molecule has 0 bridgehead atoms. The Labute approximate surface area is 169 Å². The zero-order valence-electron chi connectivity index (χ0n) is 14.2. The van der Waals surface area contributed by atoms with E-state index in [0.717, 1.165) is 11.1 Å². The normalized spacial score (nSPS) is 12.5. The van der Waals surface area contributed by atoms with Gasteiger partial charge in [-0.3, -0.25) is 4.79 Å². The second kappa shape index (κ2) is 7.27. The van der Waals surface area contributed by atoms with Gasteiger partial charge < -0.3 is 0 Å². The van der Waals surface area contributed by atoms with E-state index in [0.29, 0.717) is 25.4 Å². The maximum Gasteiger partial charge on any atom is 0.291 e. The van der Waals surface area contributed by atoms with Crippen molar-refractivity contribution in [2.24, 2.45) is 0 Å². The van der Waals surface area contributed by atoms with Gasteiger partial charge in [-0.05, 0) is 42.3 Å². The van der Waals surface area contributed by atoms with Gasteiger partial charge in [-0.15, -0.1) is 5.10 Å². The molecule has 2 aromatic heterocycles.